The van der Waals surface area contributed by atoms with Gasteiger partial charge in [-0.05, 0) is 12.5 Å². The number of benzene rings is 1. The van der Waals surface area contributed by atoms with Gasteiger partial charge in [-0.2, -0.15) is 0 Å². The highest BCUT2D eigenvalue weighted by molar-refractivity contribution is 6.31. The lowest BCUT2D eigenvalue weighted by molar-refractivity contribution is 0.00426. The first kappa shape index (κ1) is 13.1. The molecule has 2 atom stereocenters. The summed E-state index contributed by atoms with van der Waals surface area (Å²) < 4.78 is 0. The molecule has 5 heteroatoms. The molecule has 0 amide bonds. The molecule has 1 rings (SSSR count). The van der Waals surface area contributed by atoms with Crippen molar-refractivity contribution < 1.29 is 20.1 Å². The molecule has 0 fully saturated rings. The van der Waals surface area contributed by atoms with E-state index in [0.29, 0.717) is 17.4 Å². The monoisotopic (exact) mass is 244 g/mol. The second-order valence-electron chi connectivity index (χ2n) is 3.42. The van der Waals surface area contributed by atoms with Crippen molar-refractivity contribution in [3.63, 3.8) is 0 Å². The minimum Gasteiger partial charge on any atom is -0.396 e. The molecular formula is C11H13ClO4. The van der Waals surface area contributed by atoms with Crippen LogP contribution in [0.5, 0.6) is 0 Å². The highest BCUT2D eigenvalue weighted by Crippen LogP contribution is 2.27. The lowest BCUT2D eigenvalue weighted by atomic mass is 10.0. The first-order valence-corrected chi connectivity index (χ1v) is 5.19. The Hall–Kier alpha value is -0.940. The van der Waals surface area contributed by atoms with Gasteiger partial charge < -0.3 is 15.3 Å². The number of carbonyl (C=O) groups excluding carboxylic acids is 1. The maximum Gasteiger partial charge on any atom is 0.150 e. The number of halogens is 1. The van der Waals surface area contributed by atoms with Gasteiger partial charge in [-0.15, -0.1) is 0 Å². The van der Waals surface area contributed by atoms with E-state index in [4.69, 9.17) is 16.7 Å². The number of aldehydes is 1. The molecule has 0 aliphatic carbocycles. The third-order valence-electron chi connectivity index (χ3n) is 2.27. The van der Waals surface area contributed by atoms with Gasteiger partial charge in [-0.3, -0.25) is 4.79 Å². The van der Waals surface area contributed by atoms with Gasteiger partial charge in [0.05, 0.1) is 6.10 Å². The zero-order valence-electron chi connectivity index (χ0n) is 8.51. The molecule has 4 nitrogen and oxygen atoms in total. The predicted molar refractivity (Wildman–Crippen MR) is 59.5 cm³/mol. The fourth-order valence-corrected chi connectivity index (χ4v) is 1.65. The van der Waals surface area contributed by atoms with Crippen LogP contribution in [-0.4, -0.2) is 34.3 Å². The molecule has 16 heavy (non-hydrogen) atoms. The zero-order chi connectivity index (χ0) is 12.1. The number of rotatable bonds is 5. The Morgan fingerprint density at radius 1 is 1.38 bits per heavy atom. The van der Waals surface area contributed by atoms with Crippen molar-refractivity contribution in [2.24, 2.45) is 0 Å². The first-order chi connectivity index (χ1) is 7.60. The van der Waals surface area contributed by atoms with Crippen LogP contribution in [0.4, 0.5) is 0 Å². The van der Waals surface area contributed by atoms with Gasteiger partial charge in [0, 0.05) is 22.8 Å². The SMILES string of the molecule is O=Cc1ccc(C(O)C(O)CCO)c(Cl)c1. The van der Waals surface area contributed by atoms with Gasteiger partial charge >= 0.3 is 0 Å². The van der Waals surface area contributed by atoms with E-state index in [9.17, 15) is 15.0 Å². The average Bonchev–Trinajstić information content (AvgIpc) is 2.28. The number of hydrogen-bond donors (Lipinski definition) is 3. The van der Waals surface area contributed by atoms with Crippen LogP contribution in [0.25, 0.3) is 0 Å². The molecule has 0 aliphatic heterocycles. The molecule has 3 N–H and O–H groups in total. The highest BCUT2D eigenvalue weighted by atomic mass is 35.5. The van der Waals surface area contributed by atoms with Crippen LogP contribution in [-0.2, 0) is 0 Å². The summed E-state index contributed by atoms with van der Waals surface area (Å²) in [6.45, 7) is -0.220. The van der Waals surface area contributed by atoms with Crippen LogP contribution in [0.1, 0.15) is 28.4 Å². The lowest BCUT2D eigenvalue weighted by Gasteiger charge is -2.18. The molecule has 1 aromatic rings. The van der Waals surface area contributed by atoms with Crippen LogP contribution in [0, 0.1) is 0 Å². The van der Waals surface area contributed by atoms with Gasteiger partial charge in [0.1, 0.15) is 12.4 Å². The zero-order valence-corrected chi connectivity index (χ0v) is 9.26. The Balaban J connectivity index is 2.91. The Labute approximate surface area is 98.1 Å². The van der Waals surface area contributed by atoms with E-state index in [0.717, 1.165) is 0 Å². The van der Waals surface area contributed by atoms with Crippen molar-refractivity contribution in [1.82, 2.24) is 0 Å². The Morgan fingerprint density at radius 2 is 2.06 bits per heavy atom. The van der Waals surface area contributed by atoms with E-state index < -0.39 is 12.2 Å². The molecule has 0 bridgehead atoms. The Kier molecular flexibility index (Phi) is 4.89. The molecule has 2 unspecified atom stereocenters. The number of aliphatic hydroxyl groups excluding tert-OH is 3. The minimum absolute atomic E-state index is 0.0624. The summed E-state index contributed by atoms with van der Waals surface area (Å²) in [5.74, 6) is 0. The molecule has 1 aromatic carbocycles. The van der Waals surface area contributed by atoms with Crippen LogP contribution < -0.4 is 0 Å². The van der Waals surface area contributed by atoms with E-state index in [1.165, 1.54) is 18.2 Å². The van der Waals surface area contributed by atoms with E-state index in [2.05, 4.69) is 0 Å². The van der Waals surface area contributed by atoms with Crippen LogP contribution >= 0.6 is 11.6 Å². The topological polar surface area (TPSA) is 77.8 Å². The fourth-order valence-electron chi connectivity index (χ4n) is 1.35. The first-order valence-electron chi connectivity index (χ1n) is 4.81. The Bertz CT molecular complexity index is 367. The molecule has 0 aliphatic rings. The molecular weight excluding hydrogens is 232 g/mol. The maximum absolute atomic E-state index is 10.5. The van der Waals surface area contributed by atoms with Crippen LogP contribution in [0.2, 0.25) is 5.02 Å². The predicted octanol–water partition coefficient (Wildman–Crippen LogP) is 0.929. The molecule has 0 aromatic heterocycles. The molecule has 0 spiro atoms. The van der Waals surface area contributed by atoms with Crippen molar-refractivity contribution >= 4 is 17.9 Å². The summed E-state index contributed by atoms with van der Waals surface area (Å²) in [6.07, 6.45) is -1.54. The molecule has 0 radical (unpaired) electrons. The third-order valence-corrected chi connectivity index (χ3v) is 2.60. The number of aliphatic hydroxyl groups is 3. The summed E-state index contributed by atoms with van der Waals surface area (Å²) in [5.41, 5.74) is 0.741. The average molecular weight is 245 g/mol. The van der Waals surface area contributed by atoms with Gasteiger partial charge in [0.25, 0.3) is 0 Å². The number of carbonyl (C=O) groups is 1. The number of hydrogen-bond acceptors (Lipinski definition) is 4. The second kappa shape index (κ2) is 5.96. The normalized spacial score (nSPS) is 14.5. The molecule has 0 saturated heterocycles. The van der Waals surface area contributed by atoms with Crippen molar-refractivity contribution in [2.75, 3.05) is 6.61 Å². The molecule has 88 valence electrons. The highest BCUT2D eigenvalue weighted by Gasteiger charge is 2.20. The lowest BCUT2D eigenvalue weighted by Crippen LogP contribution is -2.19. The summed E-state index contributed by atoms with van der Waals surface area (Å²) in [7, 11) is 0. The second-order valence-corrected chi connectivity index (χ2v) is 3.83. The van der Waals surface area contributed by atoms with Crippen LogP contribution in [0.15, 0.2) is 18.2 Å². The van der Waals surface area contributed by atoms with Crippen molar-refractivity contribution in [3.05, 3.63) is 34.3 Å². The van der Waals surface area contributed by atoms with Gasteiger partial charge in [0.15, 0.2) is 0 Å². The van der Waals surface area contributed by atoms with E-state index in [1.54, 1.807) is 0 Å². The summed E-state index contributed by atoms with van der Waals surface area (Å²) in [4.78, 5) is 10.5. The smallest absolute Gasteiger partial charge is 0.150 e. The van der Waals surface area contributed by atoms with E-state index >= 15 is 0 Å². The minimum atomic E-state index is -1.17. The van der Waals surface area contributed by atoms with Gasteiger partial charge in [0.2, 0.25) is 0 Å². The third kappa shape index (κ3) is 3.02. The summed E-state index contributed by atoms with van der Waals surface area (Å²) in [5, 5.41) is 28.1. The van der Waals surface area contributed by atoms with Crippen LogP contribution in [0.3, 0.4) is 0 Å². The standard InChI is InChI=1S/C11H13ClO4/c12-9-5-7(6-14)1-2-8(9)11(16)10(15)3-4-13/h1-2,5-6,10-11,13,15-16H,3-4H2. The van der Waals surface area contributed by atoms with Crippen molar-refractivity contribution in [3.8, 4) is 0 Å². The maximum atomic E-state index is 10.5. The van der Waals surface area contributed by atoms with Gasteiger partial charge in [-0.1, -0.05) is 23.7 Å². The quantitative estimate of drug-likeness (QED) is 0.674. The largest absolute Gasteiger partial charge is 0.396 e. The summed E-state index contributed by atoms with van der Waals surface area (Å²) in [6, 6.07) is 4.40. The molecule has 0 saturated carbocycles. The van der Waals surface area contributed by atoms with E-state index in [1.807, 2.05) is 0 Å². The van der Waals surface area contributed by atoms with E-state index in [-0.39, 0.29) is 18.1 Å². The van der Waals surface area contributed by atoms with Crippen molar-refractivity contribution in [1.29, 1.82) is 0 Å². The van der Waals surface area contributed by atoms with Crippen molar-refractivity contribution in [2.45, 2.75) is 18.6 Å². The molecule has 0 heterocycles. The van der Waals surface area contributed by atoms with Gasteiger partial charge in [-0.25, -0.2) is 0 Å². The fraction of sp³-hybridized carbons (Fsp3) is 0.364. The Morgan fingerprint density at radius 3 is 2.56 bits per heavy atom. The summed E-state index contributed by atoms with van der Waals surface area (Å²) >= 11 is 5.85.